The number of pyridine rings is 1. The standard InChI is InChI=1S/C11H15ClN2O5S/c1-19-7-3-4-8(11(15)16)14-20(17,18)9-5-2-6-13-10(9)12/h2,5-6,8,14H,3-4,7H2,1H3,(H,15,16). The van der Waals surface area contributed by atoms with Crippen LogP contribution < -0.4 is 4.72 Å². The summed E-state index contributed by atoms with van der Waals surface area (Å²) in [7, 11) is -2.56. The average Bonchev–Trinajstić information content (AvgIpc) is 2.37. The number of carboxylic acid groups (broad SMARTS) is 1. The molecule has 1 unspecified atom stereocenters. The van der Waals surface area contributed by atoms with E-state index in [4.69, 9.17) is 21.4 Å². The molecule has 112 valence electrons. The van der Waals surface area contributed by atoms with Crippen LogP contribution in [0.15, 0.2) is 23.2 Å². The minimum atomic E-state index is -4.04. The highest BCUT2D eigenvalue weighted by Crippen LogP contribution is 2.18. The molecular formula is C11H15ClN2O5S. The van der Waals surface area contributed by atoms with Gasteiger partial charge < -0.3 is 9.84 Å². The molecule has 0 spiro atoms. The van der Waals surface area contributed by atoms with Crippen LogP contribution in [0.2, 0.25) is 5.15 Å². The molecule has 0 aliphatic heterocycles. The van der Waals surface area contributed by atoms with E-state index in [0.29, 0.717) is 13.0 Å². The maximum Gasteiger partial charge on any atom is 0.321 e. The Morgan fingerprint density at radius 3 is 2.85 bits per heavy atom. The number of ether oxygens (including phenoxy) is 1. The van der Waals surface area contributed by atoms with Crippen LogP contribution in [0, 0.1) is 0 Å². The number of halogens is 1. The lowest BCUT2D eigenvalue weighted by Crippen LogP contribution is -2.41. The first kappa shape index (κ1) is 16.8. The number of nitrogens with zero attached hydrogens (tertiary/aromatic N) is 1. The van der Waals surface area contributed by atoms with Gasteiger partial charge in [0.2, 0.25) is 10.0 Å². The van der Waals surface area contributed by atoms with E-state index >= 15 is 0 Å². The molecule has 20 heavy (non-hydrogen) atoms. The highest BCUT2D eigenvalue weighted by Gasteiger charge is 2.26. The molecule has 9 heteroatoms. The zero-order valence-corrected chi connectivity index (χ0v) is 12.3. The minimum absolute atomic E-state index is 0.111. The smallest absolute Gasteiger partial charge is 0.321 e. The van der Waals surface area contributed by atoms with Gasteiger partial charge in [-0.1, -0.05) is 11.6 Å². The summed E-state index contributed by atoms with van der Waals surface area (Å²) in [6.07, 6.45) is 1.87. The lowest BCUT2D eigenvalue weighted by molar-refractivity contribution is -0.139. The lowest BCUT2D eigenvalue weighted by Gasteiger charge is -2.14. The van der Waals surface area contributed by atoms with Crippen molar-refractivity contribution in [2.45, 2.75) is 23.8 Å². The van der Waals surface area contributed by atoms with Gasteiger partial charge in [-0.15, -0.1) is 0 Å². The van der Waals surface area contributed by atoms with Crippen LogP contribution in [-0.4, -0.2) is 44.2 Å². The van der Waals surface area contributed by atoms with Crippen LogP contribution >= 0.6 is 11.6 Å². The first-order valence-corrected chi connectivity index (χ1v) is 7.59. The summed E-state index contributed by atoms with van der Waals surface area (Å²) in [5, 5.41) is 8.83. The molecule has 0 saturated heterocycles. The topological polar surface area (TPSA) is 106 Å². The molecule has 0 fully saturated rings. The summed E-state index contributed by atoms with van der Waals surface area (Å²) >= 11 is 5.70. The molecule has 0 saturated carbocycles. The van der Waals surface area contributed by atoms with Crippen molar-refractivity contribution in [1.82, 2.24) is 9.71 Å². The summed E-state index contributed by atoms with van der Waals surface area (Å²) in [5.41, 5.74) is 0. The fourth-order valence-electron chi connectivity index (χ4n) is 1.49. The average molecular weight is 323 g/mol. The van der Waals surface area contributed by atoms with E-state index in [9.17, 15) is 13.2 Å². The second kappa shape index (κ2) is 7.53. The first-order valence-electron chi connectivity index (χ1n) is 5.73. The van der Waals surface area contributed by atoms with Gasteiger partial charge in [-0.3, -0.25) is 4.79 Å². The van der Waals surface area contributed by atoms with Gasteiger partial charge in [0.1, 0.15) is 16.1 Å². The Bertz CT molecular complexity index is 564. The third-order valence-corrected chi connectivity index (χ3v) is 4.37. The third-order valence-electron chi connectivity index (χ3n) is 2.45. The Morgan fingerprint density at radius 1 is 1.60 bits per heavy atom. The third kappa shape index (κ3) is 4.71. The number of carboxylic acids is 1. The van der Waals surface area contributed by atoms with Crippen molar-refractivity contribution in [3.8, 4) is 0 Å². The van der Waals surface area contributed by atoms with Crippen molar-refractivity contribution in [1.29, 1.82) is 0 Å². The summed E-state index contributed by atoms with van der Waals surface area (Å²) in [4.78, 5) is 14.5. The zero-order chi connectivity index (χ0) is 15.2. The van der Waals surface area contributed by atoms with E-state index < -0.39 is 22.0 Å². The van der Waals surface area contributed by atoms with Crippen LogP contribution in [-0.2, 0) is 19.6 Å². The van der Waals surface area contributed by atoms with Gasteiger partial charge in [-0.05, 0) is 25.0 Å². The van der Waals surface area contributed by atoms with Gasteiger partial charge in [-0.2, -0.15) is 4.72 Å². The monoisotopic (exact) mass is 322 g/mol. The van der Waals surface area contributed by atoms with Gasteiger partial charge >= 0.3 is 5.97 Å². The van der Waals surface area contributed by atoms with Crippen LogP contribution in [0.3, 0.4) is 0 Å². The van der Waals surface area contributed by atoms with Gasteiger partial charge in [0.25, 0.3) is 0 Å². The van der Waals surface area contributed by atoms with Crippen LogP contribution in [0.1, 0.15) is 12.8 Å². The second-order valence-corrected chi connectivity index (χ2v) is 5.98. The number of carbonyl (C=O) groups is 1. The van der Waals surface area contributed by atoms with E-state index in [1.165, 1.54) is 25.4 Å². The summed E-state index contributed by atoms with van der Waals surface area (Å²) in [5.74, 6) is -1.26. The molecule has 7 nitrogen and oxygen atoms in total. The van der Waals surface area contributed by atoms with Gasteiger partial charge in [-0.25, -0.2) is 13.4 Å². The fraction of sp³-hybridized carbons (Fsp3) is 0.455. The van der Waals surface area contributed by atoms with E-state index in [1.54, 1.807) is 0 Å². The summed E-state index contributed by atoms with van der Waals surface area (Å²) < 4.78 is 31.0. The summed E-state index contributed by atoms with van der Waals surface area (Å²) in [6, 6.07) is 1.42. The number of hydrogen-bond acceptors (Lipinski definition) is 5. The van der Waals surface area contributed by atoms with Crippen molar-refractivity contribution in [2.75, 3.05) is 13.7 Å². The number of hydrogen-bond donors (Lipinski definition) is 2. The van der Waals surface area contributed by atoms with Crippen molar-refractivity contribution in [3.05, 3.63) is 23.5 Å². The number of aromatic nitrogens is 1. The largest absolute Gasteiger partial charge is 0.480 e. The molecule has 2 N–H and O–H groups in total. The molecule has 1 atom stereocenters. The highest BCUT2D eigenvalue weighted by molar-refractivity contribution is 7.89. The van der Waals surface area contributed by atoms with Gasteiger partial charge in [0, 0.05) is 19.9 Å². The van der Waals surface area contributed by atoms with Crippen molar-refractivity contribution >= 4 is 27.6 Å². The summed E-state index contributed by atoms with van der Waals surface area (Å²) in [6.45, 7) is 0.346. The molecule has 0 aromatic carbocycles. The predicted molar refractivity (Wildman–Crippen MR) is 72.1 cm³/mol. The number of sulfonamides is 1. The van der Waals surface area contributed by atoms with Gasteiger partial charge in [0.05, 0.1) is 0 Å². The van der Waals surface area contributed by atoms with Crippen molar-refractivity contribution in [3.63, 3.8) is 0 Å². The Kier molecular flexibility index (Phi) is 6.34. The first-order chi connectivity index (χ1) is 9.38. The normalized spacial score (nSPS) is 13.1. The Hall–Kier alpha value is -1.22. The zero-order valence-electron chi connectivity index (χ0n) is 10.7. The molecule has 0 aliphatic rings. The highest BCUT2D eigenvalue weighted by atomic mass is 35.5. The van der Waals surface area contributed by atoms with E-state index in [-0.39, 0.29) is 16.5 Å². The van der Waals surface area contributed by atoms with E-state index in [2.05, 4.69) is 9.71 Å². The van der Waals surface area contributed by atoms with Crippen LogP contribution in [0.25, 0.3) is 0 Å². The molecule has 1 heterocycles. The molecule has 1 rings (SSSR count). The molecule has 0 amide bonds. The maximum absolute atomic E-state index is 12.1. The predicted octanol–water partition coefficient (Wildman–Crippen LogP) is 0.893. The molecular weight excluding hydrogens is 308 g/mol. The number of methoxy groups -OCH3 is 1. The SMILES string of the molecule is COCCCC(NS(=O)(=O)c1cccnc1Cl)C(=O)O. The lowest BCUT2D eigenvalue weighted by atomic mass is 10.2. The molecule has 0 bridgehead atoms. The number of nitrogens with one attached hydrogen (secondary N) is 1. The number of rotatable bonds is 8. The molecule has 0 radical (unpaired) electrons. The molecule has 1 aromatic rings. The quantitative estimate of drug-likeness (QED) is 0.544. The second-order valence-electron chi connectivity index (χ2n) is 3.94. The number of aliphatic carboxylic acids is 1. The Labute approximate surface area is 122 Å². The minimum Gasteiger partial charge on any atom is -0.480 e. The van der Waals surface area contributed by atoms with Crippen molar-refractivity contribution < 1.29 is 23.1 Å². The van der Waals surface area contributed by atoms with Crippen LogP contribution in [0.4, 0.5) is 0 Å². The van der Waals surface area contributed by atoms with Gasteiger partial charge in [0.15, 0.2) is 0 Å². The molecule has 1 aromatic heterocycles. The molecule has 0 aliphatic carbocycles. The maximum atomic E-state index is 12.1. The fourth-order valence-corrected chi connectivity index (χ4v) is 3.16. The van der Waals surface area contributed by atoms with Crippen LogP contribution in [0.5, 0.6) is 0 Å². The van der Waals surface area contributed by atoms with Crippen molar-refractivity contribution in [2.24, 2.45) is 0 Å². The van der Waals surface area contributed by atoms with E-state index in [0.717, 1.165) is 0 Å². The van der Waals surface area contributed by atoms with E-state index in [1.807, 2.05) is 0 Å². The Balaban J connectivity index is 2.87. The Morgan fingerprint density at radius 2 is 2.30 bits per heavy atom.